The fourth-order valence-corrected chi connectivity index (χ4v) is 2.59. The Labute approximate surface area is 111 Å². The van der Waals surface area contributed by atoms with Crippen molar-refractivity contribution in [1.29, 1.82) is 5.26 Å². The molecule has 19 heavy (non-hydrogen) atoms. The van der Waals surface area contributed by atoms with Crippen LogP contribution in [-0.2, 0) is 11.2 Å². The van der Waals surface area contributed by atoms with E-state index in [1.165, 1.54) is 0 Å². The molecule has 1 aromatic rings. The van der Waals surface area contributed by atoms with Gasteiger partial charge in [0, 0.05) is 24.7 Å². The van der Waals surface area contributed by atoms with Crippen molar-refractivity contribution in [3.8, 4) is 6.07 Å². The predicted octanol–water partition coefficient (Wildman–Crippen LogP) is 2.08. The zero-order chi connectivity index (χ0) is 13.6. The van der Waals surface area contributed by atoms with Crippen molar-refractivity contribution < 1.29 is 9.59 Å². The number of Topliss-reactive ketones (excluding diaryl/α,β-unsaturated/α-hetero) is 1. The summed E-state index contributed by atoms with van der Waals surface area (Å²) in [6, 6.07) is 7.52. The fraction of sp³-hybridized carbons (Fsp3) is 0.400. The Bertz CT molecular complexity index is 624. The summed E-state index contributed by atoms with van der Waals surface area (Å²) in [7, 11) is 1.75. The number of amides is 1. The first-order valence-electron chi connectivity index (χ1n) is 6.43. The topological polar surface area (TPSA) is 61.2 Å². The molecule has 1 aromatic carbocycles. The van der Waals surface area contributed by atoms with Crippen LogP contribution in [0, 0.1) is 16.7 Å². The smallest absolute Gasteiger partial charge is 0.227 e. The summed E-state index contributed by atoms with van der Waals surface area (Å²) >= 11 is 0. The lowest BCUT2D eigenvalue weighted by Crippen LogP contribution is -2.31. The lowest BCUT2D eigenvalue weighted by molar-refractivity contribution is -0.118. The number of hydrogen-bond donors (Lipinski definition) is 0. The van der Waals surface area contributed by atoms with E-state index >= 15 is 0 Å². The number of fused-ring (bicyclic) bond motifs is 1. The van der Waals surface area contributed by atoms with Gasteiger partial charge in [0.1, 0.15) is 5.41 Å². The van der Waals surface area contributed by atoms with Crippen molar-refractivity contribution in [2.45, 2.75) is 25.7 Å². The molecule has 0 aromatic heterocycles. The fourth-order valence-electron chi connectivity index (χ4n) is 2.59. The van der Waals surface area contributed by atoms with Gasteiger partial charge in [0.2, 0.25) is 5.91 Å². The van der Waals surface area contributed by atoms with Crippen LogP contribution >= 0.6 is 0 Å². The van der Waals surface area contributed by atoms with E-state index in [2.05, 4.69) is 6.07 Å². The van der Waals surface area contributed by atoms with Gasteiger partial charge >= 0.3 is 0 Å². The molecule has 0 unspecified atom stereocenters. The zero-order valence-corrected chi connectivity index (χ0v) is 10.8. The van der Waals surface area contributed by atoms with E-state index in [0.717, 1.165) is 11.3 Å². The molecule has 4 nitrogen and oxygen atoms in total. The Kier molecular flexibility index (Phi) is 2.46. The van der Waals surface area contributed by atoms with Crippen molar-refractivity contribution in [3.05, 3.63) is 29.3 Å². The number of anilines is 1. The first-order valence-corrected chi connectivity index (χ1v) is 6.43. The average Bonchev–Trinajstić information content (AvgIpc) is 3.23. The van der Waals surface area contributed by atoms with E-state index in [1.807, 2.05) is 12.1 Å². The Morgan fingerprint density at radius 3 is 2.74 bits per heavy atom. The molecule has 0 N–H and O–H groups in total. The van der Waals surface area contributed by atoms with Gasteiger partial charge in [0.05, 0.1) is 6.07 Å². The summed E-state index contributed by atoms with van der Waals surface area (Å²) in [6.45, 7) is 0. The molecule has 1 saturated carbocycles. The van der Waals surface area contributed by atoms with Gasteiger partial charge in [-0.25, -0.2) is 0 Å². The number of carbonyl (C=O) groups is 2. The monoisotopic (exact) mass is 254 g/mol. The molecule has 4 heteroatoms. The van der Waals surface area contributed by atoms with Crippen LogP contribution in [0.5, 0.6) is 0 Å². The molecule has 1 aliphatic carbocycles. The molecular formula is C15H14N2O2. The van der Waals surface area contributed by atoms with Crippen LogP contribution < -0.4 is 4.90 Å². The third-order valence-corrected chi connectivity index (χ3v) is 4.08. The summed E-state index contributed by atoms with van der Waals surface area (Å²) in [5.41, 5.74) is 1.71. The maximum atomic E-state index is 12.3. The summed E-state index contributed by atoms with van der Waals surface area (Å²) in [6.07, 6.45) is 2.47. The maximum Gasteiger partial charge on any atom is 0.227 e. The Morgan fingerprint density at radius 2 is 2.11 bits per heavy atom. The van der Waals surface area contributed by atoms with Crippen molar-refractivity contribution in [1.82, 2.24) is 0 Å². The molecule has 96 valence electrons. The van der Waals surface area contributed by atoms with Crippen LogP contribution in [-0.4, -0.2) is 18.7 Å². The second kappa shape index (κ2) is 3.92. The number of benzene rings is 1. The van der Waals surface area contributed by atoms with Gasteiger partial charge in [0.25, 0.3) is 0 Å². The van der Waals surface area contributed by atoms with E-state index in [9.17, 15) is 9.59 Å². The normalized spacial score (nSPS) is 19.6. The standard InChI is InChI=1S/C15H14N2O2/c1-17-12-4-2-11(8-10(12)3-5-13(17)18)14(19)15(9-16)6-7-15/h2,4,8H,3,5-7H2,1H3. The highest BCUT2D eigenvalue weighted by atomic mass is 16.2. The Hall–Kier alpha value is -2.15. The molecule has 1 aliphatic heterocycles. The highest BCUT2D eigenvalue weighted by molar-refractivity contribution is 6.05. The predicted molar refractivity (Wildman–Crippen MR) is 69.8 cm³/mol. The first kappa shape index (κ1) is 11.9. The molecular weight excluding hydrogens is 240 g/mol. The Balaban J connectivity index is 1.97. The summed E-state index contributed by atoms with van der Waals surface area (Å²) in [4.78, 5) is 25.5. The number of carbonyl (C=O) groups excluding carboxylic acids is 2. The second-order valence-corrected chi connectivity index (χ2v) is 5.32. The van der Waals surface area contributed by atoms with Crippen LogP contribution in [0.15, 0.2) is 18.2 Å². The third kappa shape index (κ3) is 1.74. The van der Waals surface area contributed by atoms with E-state index in [1.54, 1.807) is 18.0 Å². The van der Waals surface area contributed by atoms with Crippen molar-refractivity contribution in [2.75, 3.05) is 11.9 Å². The minimum atomic E-state index is -0.773. The van der Waals surface area contributed by atoms with E-state index < -0.39 is 5.41 Å². The van der Waals surface area contributed by atoms with Crippen molar-refractivity contribution >= 4 is 17.4 Å². The van der Waals surface area contributed by atoms with Crippen molar-refractivity contribution in [3.63, 3.8) is 0 Å². The number of nitrogens with zero attached hydrogens (tertiary/aromatic N) is 2. The van der Waals surface area contributed by atoms with Gasteiger partial charge in [0.15, 0.2) is 5.78 Å². The molecule has 1 amide bonds. The van der Waals surface area contributed by atoms with E-state index in [-0.39, 0.29) is 11.7 Å². The highest BCUT2D eigenvalue weighted by Crippen LogP contribution is 2.47. The van der Waals surface area contributed by atoms with Gasteiger partial charge in [-0.3, -0.25) is 9.59 Å². The van der Waals surface area contributed by atoms with Crippen LogP contribution in [0.1, 0.15) is 35.2 Å². The lowest BCUT2D eigenvalue weighted by Gasteiger charge is -2.26. The van der Waals surface area contributed by atoms with Crippen LogP contribution in [0.4, 0.5) is 5.69 Å². The number of rotatable bonds is 2. The lowest BCUT2D eigenvalue weighted by atomic mass is 9.92. The largest absolute Gasteiger partial charge is 0.315 e. The van der Waals surface area contributed by atoms with Gasteiger partial charge in [-0.05, 0) is 43.0 Å². The number of hydrogen-bond acceptors (Lipinski definition) is 3. The summed E-state index contributed by atoms with van der Waals surface area (Å²) in [5, 5.41) is 9.08. The molecule has 0 spiro atoms. The highest BCUT2D eigenvalue weighted by Gasteiger charge is 2.50. The molecule has 0 atom stereocenters. The average molecular weight is 254 g/mol. The summed E-state index contributed by atoms with van der Waals surface area (Å²) < 4.78 is 0. The van der Waals surface area contributed by atoms with Crippen LogP contribution in [0.3, 0.4) is 0 Å². The van der Waals surface area contributed by atoms with Gasteiger partial charge in [-0.1, -0.05) is 0 Å². The molecule has 0 radical (unpaired) electrons. The molecule has 0 bridgehead atoms. The van der Waals surface area contributed by atoms with Gasteiger partial charge in [-0.2, -0.15) is 5.26 Å². The maximum absolute atomic E-state index is 12.3. The quantitative estimate of drug-likeness (QED) is 0.759. The number of nitriles is 1. The van der Waals surface area contributed by atoms with Crippen LogP contribution in [0.25, 0.3) is 0 Å². The second-order valence-electron chi connectivity index (χ2n) is 5.32. The first-order chi connectivity index (χ1) is 9.07. The van der Waals surface area contributed by atoms with Gasteiger partial charge in [-0.15, -0.1) is 0 Å². The molecule has 0 saturated heterocycles. The SMILES string of the molecule is CN1C(=O)CCc2cc(C(=O)C3(C#N)CC3)ccc21. The van der Waals surface area contributed by atoms with E-state index in [0.29, 0.717) is 31.2 Å². The molecule has 2 aliphatic rings. The Morgan fingerprint density at radius 1 is 1.37 bits per heavy atom. The number of aryl methyl sites for hydroxylation is 1. The number of ketones is 1. The zero-order valence-electron chi connectivity index (χ0n) is 10.8. The van der Waals surface area contributed by atoms with Crippen molar-refractivity contribution in [2.24, 2.45) is 5.41 Å². The minimum Gasteiger partial charge on any atom is -0.315 e. The minimum absolute atomic E-state index is 0.0719. The van der Waals surface area contributed by atoms with E-state index in [4.69, 9.17) is 5.26 Å². The summed E-state index contributed by atoms with van der Waals surface area (Å²) in [5.74, 6) is 0.0274. The molecule has 1 fully saturated rings. The van der Waals surface area contributed by atoms with Crippen LogP contribution in [0.2, 0.25) is 0 Å². The van der Waals surface area contributed by atoms with Gasteiger partial charge < -0.3 is 4.90 Å². The molecule has 3 rings (SSSR count). The molecule has 1 heterocycles. The third-order valence-electron chi connectivity index (χ3n) is 4.08.